The molecule has 0 aliphatic rings. The van der Waals surface area contributed by atoms with E-state index in [1.54, 1.807) is 25.1 Å². The van der Waals surface area contributed by atoms with Gasteiger partial charge in [-0.05, 0) is 52.6 Å². The van der Waals surface area contributed by atoms with Crippen molar-refractivity contribution in [2.75, 3.05) is 0 Å². The van der Waals surface area contributed by atoms with Crippen LogP contribution in [0.4, 0.5) is 4.39 Å². The Hall–Kier alpha value is -2.68. The van der Waals surface area contributed by atoms with Gasteiger partial charge in [0.2, 0.25) is 0 Å². The molecule has 0 saturated carbocycles. The molecule has 1 N–H and O–H groups in total. The van der Waals surface area contributed by atoms with E-state index < -0.39 is 0 Å². The minimum Gasteiger partial charge on any atom is -0.507 e. The SMILES string of the molecule is C.Cc1ccc(-c2ccc3c(C=O)c(O)ccc3c2)cc1F. The van der Waals surface area contributed by atoms with Gasteiger partial charge in [-0.2, -0.15) is 0 Å². The number of phenolic OH excluding ortho intramolecular Hbond substituents is 1. The molecule has 3 rings (SSSR count). The highest BCUT2D eigenvalue weighted by atomic mass is 19.1. The van der Waals surface area contributed by atoms with E-state index in [9.17, 15) is 14.3 Å². The van der Waals surface area contributed by atoms with Crippen LogP contribution < -0.4 is 0 Å². The summed E-state index contributed by atoms with van der Waals surface area (Å²) in [7, 11) is 0. The lowest BCUT2D eigenvalue weighted by molar-refractivity contribution is 0.112. The summed E-state index contributed by atoms with van der Waals surface area (Å²) in [4.78, 5) is 11.1. The molecule has 0 unspecified atom stereocenters. The van der Waals surface area contributed by atoms with Crippen LogP contribution in [0.15, 0.2) is 48.5 Å². The van der Waals surface area contributed by atoms with Gasteiger partial charge in [-0.25, -0.2) is 4.39 Å². The van der Waals surface area contributed by atoms with E-state index in [4.69, 9.17) is 0 Å². The van der Waals surface area contributed by atoms with E-state index in [0.29, 0.717) is 17.2 Å². The van der Waals surface area contributed by atoms with Crippen LogP contribution in [0.2, 0.25) is 0 Å². The van der Waals surface area contributed by atoms with Crippen molar-refractivity contribution in [1.29, 1.82) is 0 Å². The number of benzene rings is 3. The van der Waals surface area contributed by atoms with Crippen LogP contribution in [0.1, 0.15) is 23.3 Å². The van der Waals surface area contributed by atoms with E-state index in [0.717, 1.165) is 16.5 Å². The molecule has 2 nitrogen and oxygen atoms in total. The van der Waals surface area contributed by atoms with Crippen LogP contribution in [0.25, 0.3) is 21.9 Å². The Kier molecular flexibility index (Phi) is 4.27. The van der Waals surface area contributed by atoms with Crippen LogP contribution in [-0.4, -0.2) is 11.4 Å². The standard InChI is InChI=1S/C18H13FO2.CH4/c1-11-2-3-13(9-17(11)19)12-4-6-15-14(8-12)5-7-18(21)16(15)10-20;/h2-10,21H,1H3;1H4. The van der Waals surface area contributed by atoms with E-state index in [1.165, 1.54) is 12.1 Å². The molecule has 0 amide bonds. The zero-order valence-corrected chi connectivity index (χ0v) is 11.4. The van der Waals surface area contributed by atoms with Crippen molar-refractivity contribution in [1.82, 2.24) is 0 Å². The molecule has 0 heterocycles. The number of aromatic hydroxyl groups is 1. The van der Waals surface area contributed by atoms with Gasteiger partial charge in [-0.15, -0.1) is 0 Å². The molecule has 3 heteroatoms. The number of aryl methyl sites for hydroxylation is 1. The number of carbonyl (C=O) groups is 1. The number of rotatable bonds is 2. The first-order valence-corrected chi connectivity index (χ1v) is 6.57. The zero-order valence-electron chi connectivity index (χ0n) is 11.4. The predicted octanol–water partition coefficient (Wildman–Crippen LogP) is 5.11. The minimum absolute atomic E-state index is 0. The molecule has 0 spiro atoms. The lowest BCUT2D eigenvalue weighted by Crippen LogP contribution is -1.87. The molecule has 0 aliphatic carbocycles. The number of hydrogen-bond acceptors (Lipinski definition) is 2. The first-order valence-electron chi connectivity index (χ1n) is 6.57. The van der Waals surface area contributed by atoms with Crippen LogP contribution >= 0.6 is 0 Å². The molecular formula is C19H17FO2. The Bertz CT molecular complexity index is 853. The lowest BCUT2D eigenvalue weighted by Gasteiger charge is -2.08. The summed E-state index contributed by atoms with van der Waals surface area (Å²) >= 11 is 0. The first kappa shape index (κ1) is 15.7. The zero-order chi connectivity index (χ0) is 15.0. The van der Waals surface area contributed by atoms with Gasteiger partial charge in [0.05, 0.1) is 5.56 Å². The highest BCUT2D eigenvalue weighted by Crippen LogP contribution is 2.30. The molecule has 112 valence electrons. The van der Waals surface area contributed by atoms with Crippen molar-refractivity contribution in [3.05, 3.63) is 65.5 Å². The van der Waals surface area contributed by atoms with Gasteiger partial charge in [0.25, 0.3) is 0 Å². The maximum Gasteiger partial charge on any atom is 0.154 e. The van der Waals surface area contributed by atoms with Gasteiger partial charge in [0.1, 0.15) is 11.6 Å². The monoisotopic (exact) mass is 296 g/mol. The van der Waals surface area contributed by atoms with Crippen molar-refractivity contribution in [2.24, 2.45) is 0 Å². The highest BCUT2D eigenvalue weighted by molar-refractivity contribution is 6.02. The van der Waals surface area contributed by atoms with E-state index in [-0.39, 0.29) is 24.6 Å². The van der Waals surface area contributed by atoms with Gasteiger partial charge in [-0.1, -0.05) is 37.8 Å². The Morgan fingerprint density at radius 3 is 2.36 bits per heavy atom. The molecule has 3 aromatic rings. The number of halogens is 1. The minimum atomic E-state index is -0.244. The molecule has 0 atom stereocenters. The Balaban J connectivity index is 0.00000176. The topological polar surface area (TPSA) is 37.3 Å². The summed E-state index contributed by atoms with van der Waals surface area (Å²) < 4.78 is 13.7. The van der Waals surface area contributed by atoms with Gasteiger partial charge in [0.15, 0.2) is 6.29 Å². The number of aldehydes is 1. The summed E-state index contributed by atoms with van der Waals surface area (Å²) in [5.74, 6) is -0.279. The molecule has 0 radical (unpaired) electrons. The Labute approximate surface area is 128 Å². The molecule has 0 saturated heterocycles. The second-order valence-corrected chi connectivity index (χ2v) is 5.02. The molecule has 0 bridgehead atoms. The summed E-state index contributed by atoms with van der Waals surface area (Å²) in [6.45, 7) is 1.72. The number of phenols is 1. The second kappa shape index (κ2) is 5.98. The van der Waals surface area contributed by atoms with Gasteiger partial charge >= 0.3 is 0 Å². The summed E-state index contributed by atoms with van der Waals surface area (Å²) in [6, 6.07) is 13.8. The van der Waals surface area contributed by atoms with Crippen LogP contribution in [0.5, 0.6) is 5.75 Å². The number of fused-ring (bicyclic) bond motifs is 1. The smallest absolute Gasteiger partial charge is 0.154 e. The normalized spacial score (nSPS) is 10.3. The fraction of sp³-hybridized carbons (Fsp3) is 0.105. The predicted molar refractivity (Wildman–Crippen MR) is 87.9 cm³/mol. The summed E-state index contributed by atoms with van der Waals surface area (Å²) in [5.41, 5.74) is 2.52. The average Bonchev–Trinajstić information content (AvgIpc) is 2.49. The maximum atomic E-state index is 13.7. The quantitative estimate of drug-likeness (QED) is 0.667. The number of hydrogen-bond donors (Lipinski definition) is 1. The fourth-order valence-corrected chi connectivity index (χ4v) is 2.42. The van der Waals surface area contributed by atoms with E-state index in [2.05, 4.69) is 0 Å². The van der Waals surface area contributed by atoms with E-state index >= 15 is 0 Å². The van der Waals surface area contributed by atoms with Crippen molar-refractivity contribution < 1.29 is 14.3 Å². The van der Waals surface area contributed by atoms with Gasteiger partial charge in [-0.3, -0.25) is 4.79 Å². The largest absolute Gasteiger partial charge is 0.507 e. The van der Waals surface area contributed by atoms with Gasteiger partial charge < -0.3 is 5.11 Å². The van der Waals surface area contributed by atoms with Crippen molar-refractivity contribution in [3.8, 4) is 16.9 Å². The molecule has 3 aromatic carbocycles. The van der Waals surface area contributed by atoms with Crippen molar-refractivity contribution in [2.45, 2.75) is 14.4 Å². The fourth-order valence-electron chi connectivity index (χ4n) is 2.42. The average molecular weight is 296 g/mol. The van der Waals surface area contributed by atoms with Crippen LogP contribution in [0, 0.1) is 12.7 Å². The number of carbonyl (C=O) groups excluding carboxylic acids is 1. The maximum absolute atomic E-state index is 13.7. The molecule has 22 heavy (non-hydrogen) atoms. The molecular weight excluding hydrogens is 279 g/mol. The molecule has 0 aromatic heterocycles. The van der Waals surface area contributed by atoms with Crippen LogP contribution in [-0.2, 0) is 0 Å². The molecule has 0 aliphatic heterocycles. The lowest BCUT2D eigenvalue weighted by atomic mass is 9.98. The van der Waals surface area contributed by atoms with Crippen molar-refractivity contribution >= 4 is 17.1 Å². The van der Waals surface area contributed by atoms with Crippen molar-refractivity contribution in [3.63, 3.8) is 0 Å². The Morgan fingerprint density at radius 1 is 1.00 bits per heavy atom. The Morgan fingerprint density at radius 2 is 1.68 bits per heavy atom. The van der Waals surface area contributed by atoms with E-state index in [1.807, 2.05) is 18.2 Å². The summed E-state index contributed by atoms with van der Waals surface area (Å²) in [6.07, 6.45) is 0.642. The van der Waals surface area contributed by atoms with Crippen LogP contribution in [0.3, 0.4) is 0 Å². The first-order chi connectivity index (χ1) is 10.1. The third kappa shape index (κ3) is 2.58. The summed E-state index contributed by atoms with van der Waals surface area (Å²) in [5, 5.41) is 11.2. The third-order valence-corrected chi connectivity index (χ3v) is 3.66. The third-order valence-electron chi connectivity index (χ3n) is 3.66. The molecule has 0 fully saturated rings. The van der Waals surface area contributed by atoms with Gasteiger partial charge in [0, 0.05) is 0 Å². The highest BCUT2D eigenvalue weighted by Gasteiger charge is 2.08. The second-order valence-electron chi connectivity index (χ2n) is 5.02.